The minimum Gasteiger partial charge on any atom is -0.392 e. The Bertz CT molecular complexity index is 358. The van der Waals surface area contributed by atoms with Crippen molar-refractivity contribution in [3.8, 4) is 0 Å². The monoisotopic (exact) mass is 252 g/mol. The predicted molar refractivity (Wildman–Crippen MR) is 70.5 cm³/mol. The first-order valence-corrected chi connectivity index (χ1v) is 7.00. The van der Waals surface area contributed by atoms with Crippen LogP contribution in [0.4, 0.5) is 0 Å². The highest BCUT2D eigenvalue weighted by molar-refractivity contribution is 5.02. The lowest BCUT2D eigenvalue weighted by molar-refractivity contribution is 0.00800. The molecular weight excluding hydrogens is 228 g/mol. The molecule has 1 saturated heterocycles. The van der Waals surface area contributed by atoms with Gasteiger partial charge in [0, 0.05) is 31.9 Å². The molecule has 0 bridgehead atoms. The summed E-state index contributed by atoms with van der Waals surface area (Å²) in [7, 11) is 0. The molecule has 0 aliphatic carbocycles. The zero-order chi connectivity index (χ0) is 13.0. The van der Waals surface area contributed by atoms with Crippen LogP contribution in [0.2, 0.25) is 0 Å². The summed E-state index contributed by atoms with van der Waals surface area (Å²) >= 11 is 0. The Balaban J connectivity index is 1.90. The van der Waals surface area contributed by atoms with Crippen LogP contribution in [0, 0.1) is 5.92 Å². The molecule has 0 radical (unpaired) electrons. The molecule has 1 aliphatic rings. The molecule has 1 aromatic heterocycles. The van der Waals surface area contributed by atoms with E-state index in [1.54, 1.807) is 0 Å². The van der Waals surface area contributed by atoms with Crippen LogP contribution in [0.15, 0.2) is 12.3 Å². The fourth-order valence-electron chi connectivity index (χ4n) is 2.40. The highest BCUT2D eigenvalue weighted by Gasteiger charge is 2.23. The molecule has 4 nitrogen and oxygen atoms in total. The van der Waals surface area contributed by atoms with Gasteiger partial charge in [0.2, 0.25) is 0 Å². The van der Waals surface area contributed by atoms with E-state index in [0.717, 1.165) is 38.2 Å². The number of hydrogen-bond acceptors (Lipinski definition) is 3. The third-order valence-corrected chi connectivity index (χ3v) is 3.93. The van der Waals surface area contributed by atoms with E-state index in [1.807, 2.05) is 16.9 Å². The summed E-state index contributed by atoms with van der Waals surface area (Å²) < 4.78 is 7.31. The van der Waals surface area contributed by atoms with Gasteiger partial charge in [0.05, 0.1) is 11.8 Å². The molecule has 2 unspecified atom stereocenters. The smallest absolute Gasteiger partial charge is 0.0650 e. The Morgan fingerprint density at radius 1 is 1.50 bits per heavy atom. The van der Waals surface area contributed by atoms with Gasteiger partial charge in [0.15, 0.2) is 0 Å². The van der Waals surface area contributed by atoms with Crippen molar-refractivity contribution in [1.82, 2.24) is 9.78 Å². The zero-order valence-corrected chi connectivity index (χ0v) is 11.4. The summed E-state index contributed by atoms with van der Waals surface area (Å²) in [5, 5.41) is 14.8. The van der Waals surface area contributed by atoms with Crippen LogP contribution >= 0.6 is 0 Å². The molecule has 18 heavy (non-hydrogen) atoms. The van der Waals surface area contributed by atoms with Crippen LogP contribution in [0.5, 0.6) is 0 Å². The highest BCUT2D eigenvalue weighted by Crippen LogP contribution is 2.21. The fraction of sp³-hybridized carbons (Fsp3) is 0.786. The van der Waals surface area contributed by atoms with Crippen LogP contribution in [-0.4, -0.2) is 34.2 Å². The number of aromatic nitrogens is 2. The number of rotatable bonds is 5. The summed E-state index contributed by atoms with van der Waals surface area (Å²) in [6, 6.07) is 2.45. The first kappa shape index (κ1) is 13.6. The fourth-order valence-corrected chi connectivity index (χ4v) is 2.40. The largest absolute Gasteiger partial charge is 0.392 e. The Morgan fingerprint density at radius 3 is 2.89 bits per heavy atom. The summed E-state index contributed by atoms with van der Waals surface area (Å²) in [4.78, 5) is 0. The maximum absolute atomic E-state index is 10.2. The third kappa shape index (κ3) is 3.33. The lowest BCUT2D eigenvalue weighted by atomic mass is 9.91. The van der Waals surface area contributed by atoms with E-state index in [2.05, 4.69) is 18.9 Å². The van der Waals surface area contributed by atoms with Gasteiger partial charge in [0.1, 0.15) is 0 Å². The van der Waals surface area contributed by atoms with Gasteiger partial charge in [-0.05, 0) is 38.2 Å². The van der Waals surface area contributed by atoms with Crippen molar-refractivity contribution in [3.63, 3.8) is 0 Å². The van der Waals surface area contributed by atoms with Crippen molar-refractivity contribution < 1.29 is 9.84 Å². The molecule has 2 rings (SSSR count). The van der Waals surface area contributed by atoms with Crippen molar-refractivity contribution in [2.45, 2.75) is 51.7 Å². The summed E-state index contributed by atoms with van der Waals surface area (Å²) in [6.45, 7) is 5.88. The average Bonchev–Trinajstić information content (AvgIpc) is 2.87. The first-order valence-electron chi connectivity index (χ1n) is 7.00. The van der Waals surface area contributed by atoms with E-state index in [9.17, 15) is 5.11 Å². The first-order chi connectivity index (χ1) is 8.70. The Labute approximate surface area is 109 Å². The summed E-state index contributed by atoms with van der Waals surface area (Å²) in [6.07, 6.45) is 5.40. The van der Waals surface area contributed by atoms with Crippen molar-refractivity contribution in [2.75, 3.05) is 13.2 Å². The van der Waals surface area contributed by atoms with Gasteiger partial charge in [-0.15, -0.1) is 0 Å². The molecule has 1 N–H and O–H groups in total. The van der Waals surface area contributed by atoms with Gasteiger partial charge in [0.25, 0.3) is 0 Å². The van der Waals surface area contributed by atoms with E-state index in [4.69, 9.17) is 4.74 Å². The number of hydrogen-bond donors (Lipinski definition) is 1. The van der Waals surface area contributed by atoms with Crippen LogP contribution in [0.25, 0.3) is 0 Å². The van der Waals surface area contributed by atoms with Crippen LogP contribution in [-0.2, 0) is 11.2 Å². The van der Waals surface area contributed by atoms with E-state index in [-0.39, 0.29) is 6.10 Å². The van der Waals surface area contributed by atoms with Crippen LogP contribution < -0.4 is 0 Å². The van der Waals surface area contributed by atoms with E-state index in [0.29, 0.717) is 18.4 Å². The molecule has 0 aromatic carbocycles. The SMILES string of the molecule is CCC(C)n1ccc(CC(O)C2CCOCC2)n1. The molecule has 102 valence electrons. The van der Waals surface area contributed by atoms with E-state index in [1.165, 1.54) is 0 Å². The number of ether oxygens (including phenoxy) is 1. The highest BCUT2D eigenvalue weighted by atomic mass is 16.5. The van der Waals surface area contributed by atoms with Gasteiger partial charge in [-0.2, -0.15) is 5.10 Å². The molecule has 2 atom stereocenters. The molecule has 4 heteroatoms. The average molecular weight is 252 g/mol. The van der Waals surface area contributed by atoms with Crippen LogP contribution in [0.3, 0.4) is 0 Å². The Kier molecular flexibility index (Phi) is 4.78. The molecule has 1 fully saturated rings. The third-order valence-electron chi connectivity index (χ3n) is 3.93. The molecule has 0 amide bonds. The predicted octanol–water partition coefficient (Wildman–Crippen LogP) is 2.18. The molecule has 2 heterocycles. The summed E-state index contributed by atoms with van der Waals surface area (Å²) in [5.74, 6) is 0.368. The van der Waals surface area contributed by atoms with Crippen molar-refractivity contribution >= 4 is 0 Å². The number of aliphatic hydroxyl groups excluding tert-OH is 1. The maximum Gasteiger partial charge on any atom is 0.0650 e. The molecule has 0 spiro atoms. The van der Waals surface area contributed by atoms with Gasteiger partial charge < -0.3 is 9.84 Å². The second-order valence-electron chi connectivity index (χ2n) is 5.27. The standard InChI is InChI=1S/C14H24N2O2/c1-3-11(2)16-7-4-13(15-16)10-14(17)12-5-8-18-9-6-12/h4,7,11-12,14,17H,3,5-6,8-10H2,1-2H3. The molecule has 0 saturated carbocycles. The lowest BCUT2D eigenvalue weighted by Crippen LogP contribution is -2.29. The Morgan fingerprint density at radius 2 is 2.22 bits per heavy atom. The minimum atomic E-state index is -0.283. The molecule has 1 aliphatic heterocycles. The lowest BCUT2D eigenvalue weighted by Gasteiger charge is -2.26. The van der Waals surface area contributed by atoms with Crippen LogP contribution in [0.1, 0.15) is 44.8 Å². The van der Waals surface area contributed by atoms with E-state index < -0.39 is 0 Å². The second kappa shape index (κ2) is 6.34. The summed E-state index contributed by atoms with van der Waals surface area (Å²) in [5.41, 5.74) is 0.995. The quantitative estimate of drug-likeness (QED) is 0.873. The van der Waals surface area contributed by atoms with Gasteiger partial charge in [-0.25, -0.2) is 0 Å². The zero-order valence-electron chi connectivity index (χ0n) is 11.4. The number of aliphatic hydroxyl groups is 1. The van der Waals surface area contributed by atoms with Crippen molar-refractivity contribution in [3.05, 3.63) is 18.0 Å². The maximum atomic E-state index is 10.2. The van der Waals surface area contributed by atoms with E-state index >= 15 is 0 Å². The van der Waals surface area contributed by atoms with Gasteiger partial charge >= 0.3 is 0 Å². The van der Waals surface area contributed by atoms with Gasteiger partial charge in [-0.3, -0.25) is 4.68 Å². The van der Waals surface area contributed by atoms with Gasteiger partial charge in [-0.1, -0.05) is 6.92 Å². The molecule has 1 aromatic rings. The molecular formula is C14H24N2O2. The Hall–Kier alpha value is -0.870. The number of nitrogens with zero attached hydrogens (tertiary/aromatic N) is 2. The topological polar surface area (TPSA) is 47.3 Å². The van der Waals surface area contributed by atoms with Crippen molar-refractivity contribution in [1.29, 1.82) is 0 Å². The normalized spacial score (nSPS) is 20.8. The minimum absolute atomic E-state index is 0.283. The second-order valence-corrected chi connectivity index (χ2v) is 5.27. The van der Waals surface area contributed by atoms with Crippen molar-refractivity contribution in [2.24, 2.45) is 5.92 Å².